The molecule has 1 heterocycles. The van der Waals surface area contributed by atoms with Crippen molar-refractivity contribution in [2.75, 3.05) is 24.7 Å². The molecule has 0 aromatic heterocycles. The molecular weight excluding hydrogens is 216 g/mol. The van der Waals surface area contributed by atoms with Crippen molar-refractivity contribution in [1.29, 1.82) is 0 Å². The Morgan fingerprint density at radius 3 is 2.71 bits per heavy atom. The monoisotopic (exact) mass is 236 g/mol. The summed E-state index contributed by atoms with van der Waals surface area (Å²) >= 11 is 8.14. The molecule has 0 bridgehead atoms. The fraction of sp³-hybridized carbons (Fsp3) is 1.00. The first kappa shape index (κ1) is 12.7. The molecule has 1 aliphatic rings. The van der Waals surface area contributed by atoms with Gasteiger partial charge in [0.1, 0.15) is 0 Å². The van der Waals surface area contributed by atoms with Crippen molar-refractivity contribution in [2.24, 2.45) is 11.8 Å². The fourth-order valence-electron chi connectivity index (χ4n) is 1.49. The van der Waals surface area contributed by atoms with Crippen LogP contribution >= 0.6 is 23.4 Å². The molecule has 1 fully saturated rings. The second-order valence-corrected chi connectivity index (χ2v) is 6.03. The summed E-state index contributed by atoms with van der Waals surface area (Å²) in [7, 11) is 0. The third-order valence-electron chi connectivity index (χ3n) is 2.59. The van der Waals surface area contributed by atoms with Crippen molar-refractivity contribution >= 4 is 23.4 Å². The average Bonchev–Trinajstić information content (AvgIpc) is 2.51. The van der Waals surface area contributed by atoms with Gasteiger partial charge >= 0.3 is 0 Å². The Balaban J connectivity index is 1.93. The van der Waals surface area contributed by atoms with Crippen LogP contribution in [0.2, 0.25) is 0 Å². The lowest BCUT2D eigenvalue weighted by atomic mass is 10.1. The van der Waals surface area contributed by atoms with Crippen LogP contribution in [-0.2, 0) is 4.74 Å². The Morgan fingerprint density at radius 1 is 1.36 bits per heavy atom. The average molecular weight is 237 g/mol. The van der Waals surface area contributed by atoms with E-state index in [2.05, 4.69) is 13.8 Å². The van der Waals surface area contributed by atoms with Gasteiger partial charge in [-0.3, -0.25) is 0 Å². The van der Waals surface area contributed by atoms with Crippen molar-refractivity contribution in [2.45, 2.75) is 32.1 Å². The lowest BCUT2D eigenvalue weighted by Crippen LogP contribution is -2.14. The quantitative estimate of drug-likeness (QED) is 0.516. The third-order valence-corrected chi connectivity index (χ3v) is 4.55. The Kier molecular flexibility index (Phi) is 6.31. The van der Waals surface area contributed by atoms with E-state index in [0.717, 1.165) is 31.3 Å². The van der Waals surface area contributed by atoms with E-state index in [1.807, 2.05) is 11.8 Å². The van der Waals surface area contributed by atoms with Gasteiger partial charge in [0.15, 0.2) is 0 Å². The van der Waals surface area contributed by atoms with Crippen LogP contribution in [-0.4, -0.2) is 30.1 Å². The number of hydrogen-bond acceptors (Lipinski definition) is 2. The maximum atomic E-state index is 6.17. The highest BCUT2D eigenvalue weighted by Gasteiger charge is 2.25. The van der Waals surface area contributed by atoms with E-state index in [0.29, 0.717) is 11.3 Å². The lowest BCUT2D eigenvalue weighted by molar-refractivity contribution is 0.113. The molecule has 0 amide bonds. The SMILES string of the molecule is CC(C)CCOCCC1CSCC1Cl. The summed E-state index contributed by atoms with van der Waals surface area (Å²) in [5, 5.41) is 0.383. The zero-order valence-corrected chi connectivity index (χ0v) is 10.7. The topological polar surface area (TPSA) is 9.23 Å². The molecule has 3 heteroatoms. The summed E-state index contributed by atoms with van der Waals surface area (Å²) in [6, 6.07) is 0. The van der Waals surface area contributed by atoms with Crippen molar-refractivity contribution in [3.05, 3.63) is 0 Å². The van der Waals surface area contributed by atoms with Gasteiger partial charge in [-0.1, -0.05) is 13.8 Å². The molecule has 0 spiro atoms. The summed E-state index contributed by atoms with van der Waals surface area (Å²) in [5.41, 5.74) is 0. The Bertz CT molecular complexity index is 152. The predicted molar refractivity (Wildman–Crippen MR) is 65.3 cm³/mol. The summed E-state index contributed by atoms with van der Waals surface area (Å²) in [6.07, 6.45) is 2.31. The van der Waals surface area contributed by atoms with Gasteiger partial charge in [0, 0.05) is 24.3 Å². The molecule has 1 aliphatic heterocycles. The third kappa shape index (κ3) is 4.90. The standard InChI is InChI=1S/C11H21ClOS/c1-9(2)3-5-13-6-4-10-7-14-8-11(10)12/h9-11H,3-8H2,1-2H3. The number of hydrogen-bond donors (Lipinski definition) is 0. The van der Waals surface area contributed by atoms with E-state index < -0.39 is 0 Å². The molecule has 2 unspecified atom stereocenters. The largest absolute Gasteiger partial charge is 0.381 e. The maximum Gasteiger partial charge on any atom is 0.0469 e. The second-order valence-electron chi connectivity index (χ2n) is 4.40. The van der Waals surface area contributed by atoms with E-state index >= 15 is 0 Å². The van der Waals surface area contributed by atoms with Crippen molar-refractivity contribution in [1.82, 2.24) is 0 Å². The molecule has 0 aromatic carbocycles. The first-order valence-electron chi connectivity index (χ1n) is 5.49. The van der Waals surface area contributed by atoms with Gasteiger partial charge in [0.05, 0.1) is 0 Å². The molecule has 1 nitrogen and oxygen atoms in total. The Labute approximate surface area is 96.9 Å². The van der Waals surface area contributed by atoms with E-state index in [9.17, 15) is 0 Å². The minimum atomic E-state index is 0.383. The zero-order valence-electron chi connectivity index (χ0n) is 9.17. The number of thioether (sulfide) groups is 1. The van der Waals surface area contributed by atoms with Crippen molar-refractivity contribution in [3.63, 3.8) is 0 Å². The lowest BCUT2D eigenvalue weighted by Gasteiger charge is -2.12. The summed E-state index contributed by atoms with van der Waals surface area (Å²) in [4.78, 5) is 0. The van der Waals surface area contributed by atoms with Crippen LogP contribution in [0.15, 0.2) is 0 Å². The molecule has 0 N–H and O–H groups in total. The van der Waals surface area contributed by atoms with Gasteiger partial charge in [0.25, 0.3) is 0 Å². The number of halogens is 1. The molecule has 1 rings (SSSR count). The molecule has 0 aromatic rings. The van der Waals surface area contributed by atoms with E-state index in [1.54, 1.807) is 0 Å². The van der Waals surface area contributed by atoms with E-state index in [4.69, 9.17) is 16.3 Å². The van der Waals surface area contributed by atoms with Gasteiger partial charge in [-0.15, -0.1) is 11.6 Å². The fourth-order valence-corrected chi connectivity index (χ4v) is 3.42. The van der Waals surface area contributed by atoms with E-state index in [-0.39, 0.29) is 0 Å². The van der Waals surface area contributed by atoms with Gasteiger partial charge in [-0.2, -0.15) is 11.8 Å². The molecule has 1 saturated heterocycles. The normalized spacial score (nSPS) is 27.4. The number of alkyl halides is 1. The van der Waals surface area contributed by atoms with E-state index in [1.165, 1.54) is 12.2 Å². The van der Waals surface area contributed by atoms with Crippen LogP contribution in [0.25, 0.3) is 0 Å². The molecule has 2 atom stereocenters. The second kappa shape index (κ2) is 6.97. The Morgan fingerprint density at radius 2 is 2.14 bits per heavy atom. The van der Waals surface area contributed by atoms with Crippen LogP contribution in [0, 0.1) is 11.8 Å². The number of rotatable bonds is 6. The molecular formula is C11H21ClOS. The summed E-state index contributed by atoms with van der Waals surface area (Å²) < 4.78 is 5.59. The van der Waals surface area contributed by atoms with Gasteiger partial charge in [-0.05, 0) is 30.4 Å². The zero-order chi connectivity index (χ0) is 10.4. The molecule has 84 valence electrons. The number of ether oxygens (including phenoxy) is 1. The highest BCUT2D eigenvalue weighted by atomic mass is 35.5. The van der Waals surface area contributed by atoms with Gasteiger partial charge in [-0.25, -0.2) is 0 Å². The van der Waals surface area contributed by atoms with Crippen LogP contribution in [0.1, 0.15) is 26.7 Å². The van der Waals surface area contributed by atoms with Crippen molar-refractivity contribution < 1.29 is 4.74 Å². The van der Waals surface area contributed by atoms with Crippen molar-refractivity contribution in [3.8, 4) is 0 Å². The van der Waals surface area contributed by atoms with Gasteiger partial charge < -0.3 is 4.74 Å². The van der Waals surface area contributed by atoms with Crippen LogP contribution in [0.5, 0.6) is 0 Å². The van der Waals surface area contributed by atoms with Gasteiger partial charge in [0.2, 0.25) is 0 Å². The Hall–Kier alpha value is 0.600. The summed E-state index contributed by atoms with van der Waals surface area (Å²) in [6.45, 7) is 6.25. The maximum absolute atomic E-state index is 6.17. The smallest absolute Gasteiger partial charge is 0.0469 e. The summed E-state index contributed by atoms with van der Waals surface area (Å²) in [5.74, 6) is 3.78. The molecule has 14 heavy (non-hydrogen) atoms. The first-order chi connectivity index (χ1) is 6.70. The predicted octanol–water partition coefficient (Wildman–Crippen LogP) is 3.41. The highest BCUT2D eigenvalue weighted by Crippen LogP contribution is 2.30. The van der Waals surface area contributed by atoms with Crippen LogP contribution in [0.4, 0.5) is 0 Å². The highest BCUT2D eigenvalue weighted by molar-refractivity contribution is 7.99. The molecule has 0 aliphatic carbocycles. The minimum absolute atomic E-state index is 0.383. The molecule has 0 saturated carbocycles. The minimum Gasteiger partial charge on any atom is -0.381 e. The first-order valence-corrected chi connectivity index (χ1v) is 7.09. The van der Waals surface area contributed by atoms with Crippen LogP contribution < -0.4 is 0 Å². The molecule has 0 radical (unpaired) electrons. The van der Waals surface area contributed by atoms with Crippen LogP contribution in [0.3, 0.4) is 0 Å².